The maximum atomic E-state index is 6.00. The lowest BCUT2D eigenvalue weighted by atomic mass is 10.0. The topological polar surface area (TPSA) is 136 Å². The van der Waals surface area contributed by atoms with Crippen molar-refractivity contribution in [2.45, 2.75) is 19.8 Å². The largest absolute Gasteiger partial charge is 0.259 e. The van der Waals surface area contributed by atoms with Crippen molar-refractivity contribution in [1.29, 1.82) is 21.6 Å². The zero-order valence-electron chi connectivity index (χ0n) is 13.7. The summed E-state index contributed by atoms with van der Waals surface area (Å²) in [6, 6.07) is 10.5. The van der Waals surface area contributed by atoms with Gasteiger partial charge in [-0.05, 0) is 61.3 Å². The lowest BCUT2D eigenvalue weighted by molar-refractivity contribution is -0.176. The molecule has 126 valence electrons. The van der Waals surface area contributed by atoms with E-state index in [9.17, 15) is 0 Å². The molecule has 6 nitrogen and oxygen atoms in total. The molecule has 0 spiro atoms. The molecule has 0 saturated carbocycles. The van der Waals surface area contributed by atoms with Crippen molar-refractivity contribution >= 4 is 23.5 Å². The van der Waals surface area contributed by atoms with Crippen molar-refractivity contribution in [2.75, 3.05) is 0 Å². The Morgan fingerprint density at radius 3 is 1.09 bits per heavy atom. The van der Waals surface area contributed by atoms with E-state index in [2.05, 4.69) is 64.4 Å². The average molecular weight is 318 g/mol. The predicted octanol–water partition coefficient (Wildman–Crippen LogP) is 4.51. The van der Waals surface area contributed by atoms with E-state index in [1.807, 2.05) is 6.07 Å². The molecule has 0 aromatic heterocycles. The first-order valence-electron chi connectivity index (χ1n) is 5.97. The molecule has 0 amide bonds. The Balaban J connectivity index is -0.0000000654. The van der Waals surface area contributed by atoms with Crippen LogP contribution >= 0.6 is 0 Å². The van der Waals surface area contributed by atoms with Crippen LogP contribution < -0.4 is 0 Å². The highest BCUT2D eigenvalue weighted by Gasteiger charge is 1.93. The van der Waals surface area contributed by atoms with Gasteiger partial charge in [0.1, 0.15) is 0 Å². The van der Waals surface area contributed by atoms with E-state index >= 15 is 0 Å². The number of benzene rings is 1. The summed E-state index contributed by atoms with van der Waals surface area (Å²) in [5, 5.41) is 35.4. The smallest absolute Gasteiger partial charge is 0.0219 e. The van der Waals surface area contributed by atoms with Crippen molar-refractivity contribution in [3.8, 4) is 0 Å². The fourth-order valence-electron chi connectivity index (χ4n) is 0.838. The molecular formula is C17H26N4O2. The molecule has 0 fully saturated rings. The van der Waals surface area contributed by atoms with E-state index in [0.29, 0.717) is 5.92 Å². The van der Waals surface area contributed by atoms with Crippen molar-refractivity contribution in [3.05, 3.63) is 62.2 Å². The Morgan fingerprint density at radius 2 is 0.957 bits per heavy atom. The van der Waals surface area contributed by atoms with Gasteiger partial charge in [-0.25, -0.2) is 0 Å². The normalized spacial score (nSPS) is 5.61. The van der Waals surface area contributed by atoms with Gasteiger partial charge < -0.3 is 0 Å². The SMILES string of the molecule is C=C=N.C=C=N.C=C=N.C=C=N.CC(C)c1ccccc1.OO. The second kappa shape index (κ2) is 42.8. The summed E-state index contributed by atoms with van der Waals surface area (Å²) in [7, 11) is 0. The third kappa shape index (κ3) is 68.0. The lowest BCUT2D eigenvalue weighted by Gasteiger charge is -2.01. The quantitative estimate of drug-likeness (QED) is 0.258. The molecule has 0 heterocycles. The summed E-state index contributed by atoms with van der Waals surface area (Å²) in [6.45, 7) is 16.0. The van der Waals surface area contributed by atoms with Crippen LogP contribution in [0.2, 0.25) is 0 Å². The number of hydrogen-bond acceptors (Lipinski definition) is 6. The van der Waals surface area contributed by atoms with Gasteiger partial charge in [-0.15, -0.1) is 0 Å². The van der Waals surface area contributed by atoms with Gasteiger partial charge in [-0.2, -0.15) is 0 Å². The number of hydrogen-bond donors (Lipinski definition) is 6. The zero-order valence-corrected chi connectivity index (χ0v) is 13.7. The van der Waals surface area contributed by atoms with Crippen LogP contribution in [0.3, 0.4) is 0 Å². The molecule has 0 aliphatic heterocycles. The van der Waals surface area contributed by atoms with E-state index < -0.39 is 0 Å². The summed E-state index contributed by atoms with van der Waals surface area (Å²) >= 11 is 0. The van der Waals surface area contributed by atoms with Crippen LogP contribution in [0.5, 0.6) is 0 Å². The standard InChI is InChI=1S/C9H12.4C2H3N.H2O2/c1-8(2)9-6-4-3-5-7-9;4*1-2-3;1-2/h3-8H,1-2H3;4*3H,1H2;1-2H. The van der Waals surface area contributed by atoms with Crippen molar-refractivity contribution in [3.63, 3.8) is 0 Å². The molecule has 0 radical (unpaired) electrons. The molecule has 0 aliphatic carbocycles. The Morgan fingerprint density at radius 1 is 0.739 bits per heavy atom. The second-order valence-corrected chi connectivity index (χ2v) is 3.27. The molecule has 0 unspecified atom stereocenters. The molecule has 1 aromatic rings. The van der Waals surface area contributed by atoms with Crippen LogP contribution in [0, 0.1) is 21.6 Å². The molecule has 0 saturated heterocycles. The van der Waals surface area contributed by atoms with Gasteiger partial charge in [-0.1, -0.05) is 44.2 Å². The highest BCUT2D eigenvalue weighted by atomic mass is 17.0. The van der Waals surface area contributed by atoms with Crippen LogP contribution in [-0.2, 0) is 0 Å². The van der Waals surface area contributed by atoms with E-state index in [1.165, 1.54) is 5.56 Å². The van der Waals surface area contributed by atoms with E-state index in [-0.39, 0.29) is 0 Å². The third-order valence-electron chi connectivity index (χ3n) is 1.47. The summed E-state index contributed by atoms with van der Waals surface area (Å²) in [5.74, 6) is 7.66. The first-order chi connectivity index (χ1) is 11.0. The fourth-order valence-corrected chi connectivity index (χ4v) is 0.838. The first-order valence-corrected chi connectivity index (χ1v) is 5.97. The predicted molar refractivity (Wildman–Crippen MR) is 99.2 cm³/mol. The van der Waals surface area contributed by atoms with Gasteiger partial charge in [0.2, 0.25) is 0 Å². The highest BCUT2D eigenvalue weighted by Crippen LogP contribution is 2.11. The molecule has 0 aliphatic rings. The zero-order chi connectivity index (χ0) is 19.5. The van der Waals surface area contributed by atoms with Crippen LogP contribution in [-0.4, -0.2) is 34.0 Å². The Hall–Kier alpha value is -3.06. The molecule has 6 N–H and O–H groups in total. The molecule has 6 heteroatoms. The maximum Gasteiger partial charge on any atom is -0.0219 e. The second-order valence-electron chi connectivity index (χ2n) is 3.27. The number of rotatable bonds is 1. The minimum absolute atomic E-state index is 0.659. The fraction of sp³-hybridized carbons (Fsp3) is 0.176. The van der Waals surface area contributed by atoms with Crippen molar-refractivity contribution in [2.24, 2.45) is 0 Å². The maximum absolute atomic E-state index is 6.00. The van der Waals surface area contributed by atoms with E-state index in [4.69, 9.17) is 32.2 Å². The molecule has 1 aromatic carbocycles. The van der Waals surface area contributed by atoms with Crippen molar-refractivity contribution < 1.29 is 10.5 Å². The average Bonchev–Trinajstić information content (AvgIpc) is 2.53. The van der Waals surface area contributed by atoms with Crippen LogP contribution in [0.1, 0.15) is 25.3 Å². The summed E-state index contributed by atoms with van der Waals surface area (Å²) in [6.07, 6.45) is 0. The van der Waals surface area contributed by atoms with Crippen molar-refractivity contribution in [1.82, 2.24) is 0 Å². The van der Waals surface area contributed by atoms with Crippen LogP contribution in [0.25, 0.3) is 0 Å². The summed E-state index contributed by atoms with van der Waals surface area (Å²) < 4.78 is 0. The minimum Gasteiger partial charge on any atom is -0.259 e. The van der Waals surface area contributed by atoms with Gasteiger partial charge in [-0.3, -0.25) is 32.2 Å². The highest BCUT2D eigenvalue weighted by molar-refractivity contribution is 5.41. The van der Waals surface area contributed by atoms with Gasteiger partial charge in [0.15, 0.2) is 0 Å². The third-order valence-corrected chi connectivity index (χ3v) is 1.47. The summed E-state index contributed by atoms with van der Waals surface area (Å²) in [4.78, 5) is 0. The van der Waals surface area contributed by atoms with Crippen LogP contribution in [0.15, 0.2) is 56.6 Å². The molecule has 1 rings (SSSR count). The Bertz CT molecular complexity index is 411. The Kier molecular flexibility index (Phi) is 59.6. The monoisotopic (exact) mass is 318 g/mol. The van der Waals surface area contributed by atoms with E-state index in [0.717, 1.165) is 0 Å². The molecule has 23 heavy (non-hydrogen) atoms. The molecule has 0 bridgehead atoms. The van der Waals surface area contributed by atoms with Gasteiger partial charge in [0.25, 0.3) is 0 Å². The first kappa shape index (κ1) is 32.0. The van der Waals surface area contributed by atoms with Gasteiger partial charge >= 0.3 is 0 Å². The molecular weight excluding hydrogens is 292 g/mol. The minimum atomic E-state index is 0.659. The molecule has 0 atom stereocenters. The van der Waals surface area contributed by atoms with Gasteiger partial charge in [0.05, 0.1) is 0 Å². The summed E-state index contributed by atoms with van der Waals surface area (Å²) in [5.41, 5.74) is 1.41. The van der Waals surface area contributed by atoms with Gasteiger partial charge in [0, 0.05) is 0 Å². The Labute approximate surface area is 138 Å². The number of nitrogens with one attached hydrogen (secondary N) is 4. The lowest BCUT2D eigenvalue weighted by Crippen LogP contribution is -1.83. The van der Waals surface area contributed by atoms with E-state index in [1.54, 1.807) is 23.5 Å². The van der Waals surface area contributed by atoms with Crippen LogP contribution in [0.4, 0.5) is 0 Å².